The number of rotatable bonds is 4. The van der Waals surface area contributed by atoms with Crippen LogP contribution in [-0.2, 0) is 23.1 Å². The van der Waals surface area contributed by atoms with Gasteiger partial charge in [0.15, 0.2) is 0 Å². The molecule has 0 radical (unpaired) electrons. The summed E-state index contributed by atoms with van der Waals surface area (Å²) in [6, 6.07) is 6.15. The van der Waals surface area contributed by atoms with Gasteiger partial charge in [0.25, 0.3) is 0 Å². The zero-order valence-electron chi connectivity index (χ0n) is 10.9. The second-order valence-electron chi connectivity index (χ2n) is 5.37. The molecule has 0 aromatic heterocycles. The van der Waals surface area contributed by atoms with E-state index in [2.05, 4.69) is 12.1 Å². The van der Waals surface area contributed by atoms with Gasteiger partial charge < -0.3 is 10.8 Å². The van der Waals surface area contributed by atoms with Gasteiger partial charge in [0.2, 0.25) is 0 Å². The van der Waals surface area contributed by atoms with Gasteiger partial charge in [-0.25, -0.2) is 0 Å². The second kappa shape index (κ2) is 5.11. The molecule has 1 aliphatic rings. The maximum Gasteiger partial charge on any atom is 0.313 e. The number of carboxylic acids is 1. The molecule has 1 atom stereocenters. The minimum atomic E-state index is -0.860. The summed E-state index contributed by atoms with van der Waals surface area (Å²) in [6.07, 6.45) is 5.11. The zero-order valence-corrected chi connectivity index (χ0v) is 10.9. The van der Waals surface area contributed by atoms with Crippen LogP contribution in [0.5, 0.6) is 0 Å². The van der Waals surface area contributed by atoms with Crippen molar-refractivity contribution in [1.29, 1.82) is 0 Å². The highest BCUT2D eigenvalue weighted by molar-refractivity contribution is 5.81. The van der Waals surface area contributed by atoms with Gasteiger partial charge in [0, 0.05) is 0 Å². The van der Waals surface area contributed by atoms with Crippen LogP contribution < -0.4 is 5.73 Å². The molecule has 1 aliphatic carbocycles. The molecule has 0 bridgehead atoms. The van der Waals surface area contributed by atoms with Crippen LogP contribution in [0.3, 0.4) is 0 Å². The first-order chi connectivity index (χ1) is 8.58. The Kier molecular flexibility index (Phi) is 3.71. The van der Waals surface area contributed by atoms with Crippen molar-refractivity contribution in [1.82, 2.24) is 0 Å². The Morgan fingerprint density at radius 3 is 2.61 bits per heavy atom. The highest BCUT2D eigenvalue weighted by Gasteiger charge is 2.34. The third-order valence-electron chi connectivity index (χ3n) is 4.10. The molecular formula is C15H21NO2. The Hall–Kier alpha value is -1.35. The number of carboxylic acid groups (broad SMARTS) is 1. The molecule has 0 saturated carbocycles. The van der Waals surface area contributed by atoms with E-state index in [-0.39, 0.29) is 0 Å². The molecule has 3 N–H and O–H groups in total. The number of aliphatic carboxylic acids is 1. The van der Waals surface area contributed by atoms with Crippen LogP contribution in [0.4, 0.5) is 0 Å². The van der Waals surface area contributed by atoms with E-state index in [1.165, 1.54) is 24.0 Å². The lowest BCUT2D eigenvalue weighted by Gasteiger charge is -2.27. The third kappa shape index (κ3) is 2.27. The highest BCUT2D eigenvalue weighted by Crippen LogP contribution is 2.31. The lowest BCUT2D eigenvalue weighted by atomic mass is 9.77. The van der Waals surface area contributed by atoms with Crippen molar-refractivity contribution < 1.29 is 9.90 Å². The normalized spacial score (nSPS) is 17.9. The van der Waals surface area contributed by atoms with Gasteiger partial charge in [-0.15, -0.1) is 0 Å². The summed E-state index contributed by atoms with van der Waals surface area (Å²) in [5.74, 6) is -0.788. The molecule has 98 valence electrons. The fraction of sp³-hybridized carbons (Fsp3) is 0.533. The molecular weight excluding hydrogens is 226 g/mol. The van der Waals surface area contributed by atoms with Crippen molar-refractivity contribution in [3.05, 3.63) is 34.9 Å². The van der Waals surface area contributed by atoms with E-state index in [1.807, 2.05) is 6.07 Å². The van der Waals surface area contributed by atoms with Gasteiger partial charge in [-0.2, -0.15) is 0 Å². The highest BCUT2D eigenvalue weighted by atomic mass is 16.4. The van der Waals surface area contributed by atoms with E-state index < -0.39 is 11.4 Å². The van der Waals surface area contributed by atoms with Gasteiger partial charge in [0.05, 0.1) is 5.41 Å². The Labute approximate surface area is 108 Å². The summed E-state index contributed by atoms with van der Waals surface area (Å²) >= 11 is 0. The van der Waals surface area contributed by atoms with E-state index in [4.69, 9.17) is 5.73 Å². The van der Waals surface area contributed by atoms with Gasteiger partial charge in [-0.3, -0.25) is 4.79 Å². The van der Waals surface area contributed by atoms with Gasteiger partial charge in [-0.1, -0.05) is 18.2 Å². The molecule has 0 aliphatic heterocycles. The Balaban J connectivity index is 2.39. The lowest BCUT2D eigenvalue weighted by molar-refractivity contribution is -0.143. The van der Waals surface area contributed by atoms with Crippen LogP contribution in [0.2, 0.25) is 0 Å². The molecule has 0 fully saturated rings. The second-order valence-corrected chi connectivity index (χ2v) is 5.37. The predicted molar refractivity (Wildman–Crippen MR) is 71.7 cm³/mol. The molecule has 1 unspecified atom stereocenters. The van der Waals surface area contributed by atoms with Crippen LogP contribution in [0, 0.1) is 0 Å². The Bertz CT molecular complexity index is 456. The van der Waals surface area contributed by atoms with Crippen molar-refractivity contribution >= 4 is 5.97 Å². The fourth-order valence-corrected chi connectivity index (χ4v) is 2.74. The van der Waals surface area contributed by atoms with Crippen molar-refractivity contribution in [2.45, 2.75) is 44.4 Å². The van der Waals surface area contributed by atoms with Gasteiger partial charge in [-0.05, 0) is 62.3 Å². The summed E-state index contributed by atoms with van der Waals surface area (Å²) in [5.41, 5.74) is 8.30. The summed E-state index contributed by atoms with van der Waals surface area (Å²) in [4.78, 5) is 11.5. The maximum atomic E-state index is 11.5. The minimum Gasteiger partial charge on any atom is -0.481 e. The molecule has 1 aromatic rings. The monoisotopic (exact) mass is 247 g/mol. The summed E-state index contributed by atoms with van der Waals surface area (Å²) in [7, 11) is 0. The quantitative estimate of drug-likeness (QED) is 0.857. The van der Waals surface area contributed by atoms with E-state index in [0.29, 0.717) is 13.0 Å². The maximum absolute atomic E-state index is 11.5. The Morgan fingerprint density at radius 1 is 1.33 bits per heavy atom. The largest absolute Gasteiger partial charge is 0.481 e. The number of carbonyl (C=O) groups is 1. The first-order valence-electron chi connectivity index (χ1n) is 6.63. The topological polar surface area (TPSA) is 63.3 Å². The van der Waals surface area contributed by atoms with Crippen LogP contribution in [0.15, 0.2) is 18.2 Å². The summed E-state index contributed by atoms with van der Waals surface area (Å²) in [6.45, 7) is 2.16. The van der Waals surface area contributed by atoms with Crippen molar-refractivity contribution in [2.24, 2.45) is 5.73 Å². The number of hydrogen-bond acceptors (Lipinski definition) is 2. The molecule has 0 amide bonds. The molecule has 0 heterocycles. The van der Waals surface area contributed by atoms with Crippen LogP contribution in [-0.4, -0.2) is 17.6 Å². The van der Waals surface area contributed by atoms with Crippen molar-refractivity contribution in [3.63, 3.8) is 0 Å². The molecule has 0 saturated heterocycles. The van der Waals surface area contributed by atoms with E-state index >= 15 is 0 Å². The first kappa shape index (κ1) is 13.1. The van der Waals surface area contributed by atoms with Crippen LogP contribution in [0.25, 0.3) is 0 Å². The first-order valence-corrected chi connectivity index (χ1v) is 6.63. The molecule has 2 rings (SSSR count). The molecule has 1 aromatic carbocycles. The van der Waals surface area contributed by atoms with E-state index in [1.54, 1.807) is 6.92 Å². The van der Waals surface area contributed by atoms with Gasteiger partial charge >= 0.3 is 5.97 Å². The average Bonchev–Trinajstić information content (AvgIpc) is 2.38. The zero-order chi connectivity index (χ0) is 13.2. The van der Waals surface area contributed by atoms with Crippen LogP contribution >= 0.6 is 0 Å². The smallest absolute Gasteiger partial charge is 0.313 e. The Morgan fingerprint density at radius 2 is 2.00 bits per heavy atom. The van der Waals surface area contributed by atoms with Crippen molar-refractivity contribution in [2.75, 3.05) is 6.54 Å². The standard InChI is InChI=1S/C15H21NO2/c1-15(8-9-16,14(17)18)13-7-6-11-4-2-3-5-12(11)10-13/h6-7,10H,2-5,8-9,16H2,1H3,(H,17,18). The summed E-state index contributed by atoms with van der Waals surface area (Å²) < 4.78 is 0. The third-order valence-corrected chi connectivity index (χ3v) is 4.10. The SMILES string of the molecule is CC(CCN)(C(=O)O)c1ccc2c(c1)CCCC2. The van der Waals surface area contributed by atoms with Crippen LogP contribution in [0.1, 0.15) is 42.9 Å². The number of aryl methyl sites for hydroxylation is 2. The number of nitrogens with two attached hydrogens (primary N) is 1. The lowest BCUT2D eigenvalue weighted by Crippen LogP contribution is -2.35. The summed E-state index contributed by atoms with van der Waals surface area (Å²) in [5, 5.41) is 9.47. The predicted octanol–water partition coefficient (Wildman–Crippen LogP) is 2.26. The average molecular weight is 247 g/mol. The van der Waals surface area contributed by atoms with E-state index in [0.717, 1.165) is 18.4 Å². The van der Waals surface area contributed by atoms with E-state index in [9.17, 15) is 9.90 Å². The minimum absolute atomic E-state index is 0.389. The molecule has 3 nitrogen and oxygen atoms in total. The van der Waals surface area contributed by atoms with Gasteiger partial charge in [0.1, 0.15) is 0 Å². The van der Waals surface area contributed by atoms with Crippen molar-refractivity contribution in [3.8, 4) is 0 Å². The fourth-order valence-electron chi connectivity index (χ4n) is 2.74. The number of hydrogen-bond donors (Lipinski definition) is 2. The molecule has 18 heavy (non-hydrogen) atoms. The number of benzene rings is 1. The number of fused-ring (bicyclic) bond motifs is 1. The molecule has 0 spiro atoms. The molecule has 3 heteroatoms.